The Morgan fingerprint density at radius 1 is 0.588 bits per heavy atom. The number of carbonyl (C=O) groups excluding carboxylic acids is 3. The van der Waals surface area contributed by atoms with Crippen molar-refractivity contribution in [1.82, 2.24) is 0 Å². The molecule has 0 aliphatic carbocycles. The van der Waals surface area contributed by atoms with Crippen molar-refractivity contribution in [3.8, 4) is 0 Å². The van der Waals surface area contributed by atoms with Gasteiger partial charge in [-0.1, -0.05) is 154 Å². The van der Waals surface area contributed by atoms with Crippen molar-refractivity contribution >= 4 is 17.9 Å². The number of likely N-dealkylation sites (N-methyl/N-ethyl adjacent to an activating group) is 1. The Balaban J connectivity index is 4.37. The van der Waals surface area contributed by atoms with Crippen molar-refractivity contribution in [3.63, 3.8) is 0 Å². The van der Waals surface area contributed by atoms with Gasteiger partial charge in [-0.3, -0.25) is 9.59 Å². The van der Waals surface area contributed by atoms with E-state index in [0.717, 1.165) is 51.4 Å². The fourth-order valence-electron chi connectivity index (χ4n) is 6.05. The van der Waals surface area contributed by atoms with Crippen molar-refractivity contribution in [1.29, 1.82) is 0 Å². The maximum atomic E-state index is 12.7. The van der Waals surface area contributed by atoms with Gasteiger partial charge in [0.25, 0.3) is 0 Å². The van der Waals surface area contributed by atoms with Crippen LogP contribution in [0.4, 0.5) is 0 Å². The molecule has 0 aromatic heterocycles. The van der Waals surface area contributed by atoms with Crippen LogP contribution >= 0.6 is 0 Å². The van der Waals surface area contributed by atoms with Crippen LogP contribution in [0.5, 0.6) is 0 Å². The van der Waals surface area contributed by atoms with Gasteiger partial charge in [0.2, 0.25) is 0 Å². The minimum atomic E-state index is -1.13. The first-order chi connectivity index (χ1) is 24.6. The number of hydrogen-bond acceptors (Lipinski definition) is 7. The summed E-state index contributed by atoms with van der Waals surface area (Å²) in [6, 6.07) is -0.725. The number of unbranched alkanes of at least 4 members (excludes halogenated alkanes) is 20. The minimum absolute atomic E-state index is 0.0358. The van der Waals surface area contributed by atoms with Gasteiger partial charge in [-0.2, -0.15) is 0 Å². The number of nitrogens with zero attached hydrogens (tertiary/aromatic N) is 1. The zero-order valence-electron chi connectivity index (χ0n) is 33.8. The molecule has 2 atom stereocenters. The van der Waals surface area contributed by atoms with Crippen LogP contribution in [0, 0.1) is 0 Å². The van der Waals surface area contributed by atoms with Crippen molar-refractivity contribution in [2.45, 2.75) is 193 Å². The first-order valence-corrected chi connectivity index (χ1v) is 20.9. The summed E-state index contributed by atoms with van der Waals surface area (Å²) in [6.07, 6.45) is 36.3. The van der Waals surface area contributed by atoms with Gasteiger partial charge >= 0.3 is 11.9 Å². The predicted octanol–water partition coefficient (Wildman–Crippen LogP) is 9.58. The second kappa shape index (κ2) is 34.9. The molecule has 0 aliphatic rings. The number of hydrogen-bond donors (Lipinski definition) is 0. The quantitative estimate of drug-likeness (QED) is 0.0273. The lowest BCUT2D eigenvalue weighted by Crippen LogP contribution is -2.55. The molecule has 0 fully saturated rings. The third-order valence-corrected chi connectivity index (χ3v) is 9.37. The van der Waals surface area contributed by atoms with Gasteiger partial charge in [-0.25, -0.2) is 0 Å². The number of esters is 2. The van der Waals surface area contributed by atoms with E-state index in [0.29, 0.717) is 12.8 Å². The summed E-state index contributed by atoms with van der Waals surface area (Å²) < 4.78 is 17.1. The maximum Gasteiger partial charge on any atom is 0.306 e. The molecule has 0 aromatic carbocycles. The lowest BCUT2D eigenvalue weighted by atomic mass is 10.0. The highest BCUT2D eigenvalue weighted by Gasteiger charge is 2.25. The molecule has 0 aliphatic heterocycles. The van der Waals surface area contributed by atoms with Gasteiger partial charge in [0.05, 0.1) is 40.3 Å². The largest absolute Gasteiger partial charge is 0.544 e. The molecule has 8 heteroatoms. The predicted molar refractivity (Wildman–Crippen MR) is 208 cm³/mol. The van der Waals surface area contributed by atoms with Gasteiger partial charge in [-0.15, -0.1) is 0 Å². The van der Waals surface area contributed by atoms with E-state index in [2.05, 4.69) is 38.2 Å². The van der Waals surface area contributed by atoms with Gasteiger partial charge in [0.15, 0.2) is 6.10 Å². The zero-order chi connectivity index (χ0) is 37.8. The average Bonchev–Trinajstić information content (AvgIpc) is 3.08. The van der Waals surface area contributed by atoms with Crippen LogP contribution in [0.1, 0.15) is 181 Å². The third kappa shape index (κ3) is 33.4. The van der Waals surface area contributed by atoms with Gasteiger partial charge in [-0.05, 0) is 32.1 Å². The summed E-state index contributed by atoms with van der Waals surface area (Å²) >= 11 is 0. The van der Waals surface area contributed by atoms with E-state index < -0.39 is 18.1 Å². The van der Waals surface area contributed by atoms with Gasteiger partial charge < -0.3 is 28.6 Å². The van der Waals surface area contributed by atoms with Crippen LogP contribution in [0.15, 0.2) is 24.3 Å². The van der Waals surface area contributed by atoms with Crippen LogP contribution in [-0.2, 0) is 28.6 Å². The fraction of sp³-hybridized carbons (Fsp3) is 0.837. The fourth-order valence-corrected chi connectivity index (χ4v) is 6.05. The Hall–Kier alpha value is -2.19. The number of aliphatic carboxylic acids is 1. The number of carboxylic acid groups (broad SMARTS) is 1. The molecule has 0 amide bonds. The molecule has 0 saturated heterocycles. The first-order valence-electron chi connectivity index (χ1n) is 20.9. The first kappa shape index (κ1) is 48.8. The Morgan fingerprint density at radius 2 is 1.04 bits per heavy atom. The van der Waals surface area contributed by atoms with E-state index in [1.54, 1.807) is 21.1 Å². The smallest absolute Gasteiger partial charge is 0.306 e. The molecule has 2 unspecified atom stereocenters. The summed E-state index contributed by atoms with van der Waals surface area (Å²) in [5.74, 6) is -1.76. The molecule has 0 saturated carbocycles. The molecule has 0 rings (SSSR count). The van der Waals surface area contributed by atoms with Gasteiger partial charge in [0, 0.05) is 19.3 Å². The van der Waals surface area contributed by atoms with E-state index in [1.807, 2.05) is 0 Å². The molecule has 0 N–H and O–H groups in total. The summed E-state index contributed by atoms with van der Waals surface area (Å²) in [5, 5.41) is 11.6. The molecule has 0 bridgehead atoms. The molecular weight excluding hydrogens is 642 g/mol. The number of allylic oxidation sites excluding steroid dienone is 4. The molecule has 0 heterocycles. The number of ether oxygens (including phenoxy) is 3. The number of quaternary nitrogens is 1. The van der Waals surface area contributed by atoms with Crippen LogP contribution in [0.25, 0.3) is 0 Å². The zero-order valence-corrected chi connectivity index (χ0v) is 33.8. The number of carboxylic acids is 1. The highest BCUT2D eigenvalue weighted by Crippen LogP contribution is 2.15. The molecule has 0 radical (unpaired) electrons. The molecular formula is C43H79NO7. The van der Waals surface area contributed by atoms with Crippen molar-refractivity contribution in [2.75, 3.05) is 41.0 Å². The van der Waals surface area contributed by atoms with Crippen LogP contribution in [0.3, 0.4) is 0 Å². The van der Waals surface area contributed by atoms with E-state index in [1.165, 1.54) is 96.3 Å². The maximum absolute atomic E-state index is 12.7. The normalized spacial score (nSPS) is 13.2. The summed E-state index contributed by atoms with van der Waals surface area (Å²) in [4.78, 5) is 36.7. The monoisotopic (exact) mass is 722 g/mol. The topological polar surface area (TPSA) is 102 Å². The van der Waals surface area contributed by atoms with Crippen molar-refractivity contribution in [2.24, 2.45) is 0 Å². The molecule has 51 heavy (non-hydrogen) atoms. The Morgan fingerprint density at radius 3 is 1.53 bits per heavy atom. The summed E-state index contributed by atoms with van der Waals surface area (Å²) in [6.45, 7) is 4.59. The molecule has 8 nitrogen and oxygen atoms in total. The lowest BCUT2D eigenvalue weighted by Gasteiger charge is -2.34. The van der Waals surface area contributed by atoms with Crippen molar-refractivity contribution in [3.05, 3.63) is 24.3 Å². The molecule has 0 aromatic rings. The Bertz CT molecular complexity index is 895. The van der Waals surface area contributed by atoms with E-state index in [4.69, 9.17) is 14.2 Å². The van der Waals surface area contributed by atoms with E-state index >= 15 is 0 Å². The minimum Gasteiger partial charge on any atom is -0.544 e. The Labute approximate surface area is 313 Å². The standard InChI is InChI=1S/C43H79NO7/c1-6-8-10-12-14-16-18-19-20-21-22-24-26-28-30-32-34-42(46)51-39(37-49-36-35-40(43(47)48)44(3,4)5)38-50-41(45)33-31-29-27-25-23-17-15-13-11-9-7-2/h13,15,17,23,39-40H,6-12,14,16,18-22,24-38H2,1-5H3/b15-13+,23-17+. The Kier molecular flexibility index (Phi) is 33.4. The third-order valence-electron chi connectivity index (χ3n) is 9.37. The molecule has 0 spiro atoms. The number of carbonyl (C=O) groups is 3. The van der Waals surface area contributed by atoms with Crippen LogP contribution in [0.2, 0.25) is 0 Å². The second-order valence-electron chi connectivity index (χ2n) is 15.3. The van der Waals surface area contributed by atoms with Crippen LogP contribution < -0.4 is 5.11 Å². The number of rotatable bonds is 37. The SMILES string of the molecule is CCCC/C=C/C=C/CCCCCC(=O)OCC(COCCC(C(=O)[O-])[N+](C)(C)C)OC(=O)CCCCCCCCCCCCCCCCCC. The highest BCUT2D eigenvalue weighted by atomic mass is 16.6. The highest BCUT2D eigenvalue weighted by molar-refractivity contribution is 5.70. The van der Waals surface area contributed by atoms with Crippen LogP contribution in [-0.4, -0.2) is 75.5 Å². The summed E-state index contributed by atoms with van der Waals surface area (Å²) in [5.41, 5.74) is 0. The van der Waals surface area contributed by atoms with Gasteiger partial charge in [0.1, 0.15) is 12.6 Å². The van der Waals surface area contributed by atoms with E-state index in [-0.39, 0.29) is 42.7 Å². The average molecular weight is 722 g/mol. The second-order valence-corrected chi connectivity index (χ2v) is 15.3. The van der Waals surface area contributed by atoms with Crippen molar-refractivity contribution < 1.29 is 38.2 Å². The van der Waals surface area contributed by atoms with E-state index in [9.17, 15) is 19.5 Å². The summed E-state index contributed by atoms with van der Waals surface area (Å²) in [7, 11) is 5.40. The molecule has 298 valence electrons. The lowest BCUT2D eigenvalue weighted by molar-refractivity contribution is -0.889.